The normalized spacial score (nSPS) is 16.8. The van der Waals surface area contributed by atoms with Crippen LogP contribution in [0, 0.1) is 0 Å². The van der Waals surface area contributed by atoms with Crippen LogP contribution in [0.3, 0.4) is 0 Å². The molecule has 1 aliphatic carbocycles. The molecule has 3 rings (SSSR count). The number of rotatable bonds is 3. The lowest BCUT2D eigenvalue weighted by Gasteiger charge is -2.28. The molecule has 1 heterocycles. The zero-order chi connectivity index (χ0) is 18.9. The Labute approximate surface area is 146 Å². The van der Waals surface area contributed by atoms with E-state index in [0.717, 1.165) is 35.6 Å². The van der Waals surface area contributed by atoms with Crippen molar-refractivity contribution < 1.29 is 23.1 Å². The summed E-state index contributed by atoms with van der Waals surface area (Å²) in [5.41, 5.74) is -0.0447. The predicted molar refractivity (Wildman–Crippen MR) is 87.6 cm³/mol. The number of alkyl halides is 3. The molecule has 1 aromatic carbocycles. The fraction of sp³-hybridized carbons (Fsp3) is 0.333. The highest BCUT2D eigenvalue weighted by molar-refractivity contribution is 5.94. The van der Waals surface area contributed by atoms with Crippen LogP contribution in [0.2, 0.25) is 0 Å². The summed E-state index contributed by atoms with van der Waals surface area (Å²) in [6, 6.07) is 6.62. The van der Waals surface area contributed by atoms with Gasteiger partial charge in [0.1, 0.15) is 11.3 Å². The average molecular weight is 366 g/mol. The van der Waals surface area contributed by atoms with Crippen LogP contribution in [0.25, 0.3) is 0 Å². The van der Waals surface area contributed by atoms with E-state index in [0.29, 0.717) is 12.5 Å². The third-order valence-corrected chi connectivity index (χ3v) is 4.54. The Morgan fingerprint density at radius 1 is 1.27 bits per heavy atom. The van der Waals surface area contributed by atoms with E-state index in [1.807, 2.05) is 12.1 Å². The molecule has 0 saturated carbocycles. The first-order chi connectivity index (χ1) is 12.3. The Morgan fingerprint density at radius 3 is 2.69 bits per heavy atom. The van der Waals surface area contributed by atoms with Crippen LogP contribution in [-0.2, 0) is 19.2 Å². The summed E-state index contributed by atoms with van der Waals surface area (Å²) in [6.07, 6.45) is -2.47. The maximum atomic E-state index is 12.6. The van der Waals surface area contributed by atoms with E-state index >= 15 is 0 Å². The van der Waals surface area contributed by atoms with Gasteiger partial charge in [-0.3, -0.25) is 9.59 Å². The smallest absolute Gasteiger partial charge is 0.392 e. The van der Waals surface area contributed by atoms with Crippen molar-refractivity contribution in [3.8, 4) is 0 Å². The highest BCUT2D eigenvalue weighted by atomic mass is 19.4. The van der Waals surface area contributed by atoms with Crippen molar-refractivity contribution in [3.63, 3.8) is 0 Å². The average Bonchev–Trinajstić information content (AvgIpc) is 2.60. The molecule has 0 radical (unpaired) electrons. The van der Waals surface area contributed by atoms with Gasteiger partial charge in [0.25, 0.3) is 11.5 Å². The molecular formula is C18H17F3N2O3. The Kier molecular flexibility index (Phi) is 4.86. The minimum Gasteiger partial charge on any atom is -0.392 e. The number of hydrogen-bond donors (Lipinski definition) is 3. The van der Waals surface area contributed by atoms with Gasteiger partial charge >= 0.3 is 6.18 Å². The van der Waals surface area contributed by atoms with Gasteiger partial charge in [0.05, 0.1) is 12.6 Å². The number of aliphatic hydroxyl groups is 1. The number of fused-ring (bicyclic) bond motifs is 1. The van der Waals surface area contributed by atoms with Crippen LogP contribution in [0.5, 0.6) is 0 Å². The van der Waals surface area contributed by atoms with E-state index in [1.54, 1.807) is 11.1 Å². The number of aromatic amines is 1. The van der Waals surface area contributed by atoms with Crippen molar-refractivity contribution in [1.29, 1.82) is 0 Å². The van der Waals surface area contributed by atoms with Gasteiger partial charge in [-0.25, -0.2) is 0 Å². The summed E-state index contributed by atoms with van der Waals surface area (Å²) < 4.78 is 37.9. The van der Waals surface area contributed by atoms with Crippen molar-refractivity contribution in [2.24, 2.45) is 0 Å². The number of amides is 1. The topological polar surface area (TPSA) is 82.2 Å². The van der Waals surface area contributed by atoms with E-state index in [2.05, 4.69) is 5.32 Å². The molecule has 0 fully saturated rings. The van der Waals surface area contributed by atoms with Gasteiger partial charge in [-0.1, -0.05) is 18.2 Å². The lowest BCUT2D eigenvalue weighted by Crippen LogP contribution is -2.35. The van der Waals surface area contributed by atoms with E-state index in [-0.39, 0.29) is 18.2 Å². The summed E-state index contributed by atoms with van der Waals surface area (Å²) in [4.78, 5) is 26.0. The number of carbonyl (C=O) groups is 1. The Hall–Kier alpha value is -2.61. The molecule has 1 aliphatic rings. The quantitative estimate of drug-likeness (QED) is 0.781. The molecule has 138 valence electrons. The molecule has 1 unspecified atom stereocenters. The van der Waals surface area contributed by atoms with Crippen molar-refractivity contribution >= 4 is 5.91 Å². The van der Waals surface area contributed by atoms with Gasteiger partial charge in [0, 0.05) is 0 Å². The molecule has 0 aliphatic heterocycles. The van der Waals surface area contributed by atoms with E-state index in [1.165, 1.54) is 0 Å². The lowest BCUT2D eigenvalue weighted by atomic mass is 9.85. The lowest BCUT2D eigenvalue weighted by molar-refractivity contribution is -0.141. The highest BCUT2D eigenvalue weighted by Gasteiger charge is 2.32. The number of aliphatic hydroxyl groups excluding tert-OH is 1. The first-order valence-electron chi connectivity index (χ1n) is 8.14. The van der Waals surface area contributed by atoms with Gasteiger partial charge in [-0.2, -0.15) is 13.2 Å². The minimum absolute atomic E-state index is 0.109. The maximum Gasteiger partial charge on any atom is 0.431 e. The number of halogens is 3. The largest absolute Gasteiger partial charge is 0.431 e. The summed E-state index contributed by atoms with van der Waals surface area (Å²) in [6.45, 7) is -0.109. The van der Waals surface area contributed by atoms with Crippen molar-refractivity contribution in [1.82, 2.24) is 10.3 Å². The molecule has 0 bridgehead atoms. The molecular weight excluding hydrogens is 349 g/mol. The van der Waals surface area contributed by atoms with E-state index < -0.39 is 23.3 Å². The summed E-state index contributed by atoms with van der Waals surface area (Å²) in [7, 11) is 0. The second kappa shape index (κ2) is 6.95. The summed E-state index contributed by atoms with van der Waals surface area (Å²) >= 11 is 0. The monoisotopic (exact) mass is 366 g/mol. The van der Waals surface area contributed by atoms with Crippen LogP contribution >= 0.6 is 0 Å². The maximum absolute atomic E-state index is 12.6. The zero-order valence-electron chi connectivity index (χ0n) is 13.7. The zero-order valence-corrected chi connectivity index (χ0v) is 13.7. The number of hydrogen-bond acceptors (Lipinski definition) is 3. The first-order valence-corrected chi connectivity index (χ1v) is 8.14. The third kappa shape index (κ3) is 3.50. The van der Waals surface area contributed by atoms with Gasteiger partial charge < -0.3 is 15.4 Å². The number of nitrogens with one attached hydrogen (secondary N) is 2. The molecule has 1 aromatic heterocycles. The molecule has 26 heavy (non-hydrogen) atoms. The van der Waals surface area contributed by atoms with Gasteiger partial charge in [0.15, 0.2) is 0 Å². The number of carbonyl (C=O) groups excluding carboxylic acids is 1. The van der Waals surface area contributed by atoms with Gasteiger partial charge in [-0.05, 0) is 48.1 Å². The number of H-pyrrole nitrogens is 1. The third-order valence-electron chi connectivity index (χ3n) is 4.54. The molecule has 0 spiro atoms. The number of aromatic nitrogens is 1. The summed E-state index contributed by atoms with van der Waals surface area (Å²) in [5.74, 6) is -0.729. The summed E-state index contributed by atoms with van der Waals surface area (Å²) in [5, 5.41) is 12.2. The van der Waals surface area contributed by atoms with E-state index in [9.17, 15) is 27.9 Å². The second-order valence-corrected chi connectivity index (χ2v) is 6.17. The molecule has 0 saturated heterocycles. The fourth-order valence-electron chi connectivity index (χ4n) is 3.28. The van der Waals surface area contributed by atoms with Crippen LogP contribution < -0.4 is 10.9 Å². The van der Waals surface area contributed by atoms with Crippen LogP contribution in [0.1, 0.15) is 51.6 Å². The molecule has 8 heteroatoms. The van der Waals surface area contributed by atoms with Gasteiger partial charge in [0.2, 0.25) is 0 Å². The van der Waals surface area contributed by atoms with Crippen LogP contribution in [0.15, 0.2) is 35.1 Å². The predicted octanol–water partition coefficient (Wildman–Crippen LogP) is 2.69. The number of benzene rings is 1. The molecule has 3 N–H and O–H groups in total. The molecule has 1 amide bonds. The molecule has 2 aromatic rings. The fourth-order valence-corrected chi connectivity index (χ4v) is 3.28. The minimum atomic E-state index is -4.68. The standard InChI is InChI=1S/C18H17F3N2O3/c19-18(20,21)15-8-7-13(17(26)23-15)16(25)22-14-6-2-4-11-10(9-24)3-1-5-12(11)14/h1,3,5,7-8,14,24H,2,4,6,9H2,(H,22,25)(H,23,26). The first kappa shape index (κ1) is 18.2. The van der Waals surface area contributed by atoms with Gasteiger partial charge in [-0.15, -0.1) is 0 Å². The Balaban J connectivity index is 1.85. The Bertz CT molecular complexity index is 890. The van der Waals surface area contributed by atoms with Crippen LogP contribution in [-0.4, -0.2) is 16.0 Å². The molecule has 1 atom stereocenters. The van der Waals surface area contributed by atoms with Crippen molar-refractivity contribution in [2.45, 2.75) is 38.1 Å². The van der Waals surface area contributed by atoms with Crippen molar-refractivity contribution in [3.05, 3.63) is 68.6 Å². The van der Waals surface area contributed by atoms with Crippen LogP contribution in [0.4, 0.5) is 13.2 Å². The second-order valence-electron chi connectivity index (χ2n) is 6.17. The van der Waals surface area contributed by atoms with E-state index in [4.69, 9.17) is 0 Å². The Morgan fingerprint density at radius 2 is 2.04 bits per heavy atom. The highest BCUT2D eigenvalue weighted by Crippen LogP contribution is 2.32. The number of pyridine rings is 1. The van der Waals surface area contributed by atoms with Crippen molar-refractivity contribution in [2.75, 3.05) is 0 Å². The SMILES string of the molecule is O=C(NC1CCCc2c(CO)cccc21)c1ccc(C(F)(F)F)[nH]c1=O. The molecule has 5 nitrogen and oxygen atoms in total.